The Hall–Kier alpha value is -2.56. The first-order valence-electron chi connectivity index (χ1n) is 5.89. The molecule has 1 amide bonds. The number of aromatic nitrogens is 1. The zero-order chi connectivity index (χ0) is 13.7. The Morgan fingerprint density at radius 3 is 2.79 bits per heavy atom. The second kappa shape index (κ2) is 5.86. The van der Waals surface area contributed by atoms with E-state index in [2.05, 4.69) is 4.98 Å². The first-order chi connectivity index (χ1) is 9.16. The monoisotopic (exact) mass is 257 g/mol. The first kappa shape index (κ1) is 12.9. The van der Waals surface area contributed by atoms with Crippen LogP contribution in [0.1, 0.15) is 16.1 Å². The van der Waals surface area contributed by atoms with Gasteiger partial charge in [0.05, 0.1) is 12.2 Å². The summed E-state index contributed by atoms with van der Waals surface area (Å²) < 4.78 is 5.56. The van der Waals surface area contributed by atoms with Gasteiger partial charge in [-0.15, -0.1) is 0 Å². The SMILES string of the molecule is NC(=O)c1cc(N)ccc1OCCc1ccccn1. The first-order valence-corrected chi connectivity index (χ1v) is 5.89. The Morgan fingerprint density at radius 2 is 2.11 bits per heavy atom. The van der Waals surface area contributed by atoms with Crippen molar-refractivity contribution in [3.05, 3.63) is 53.9 Å². The summed E-state index contributed by atoms with van der Waals surface area (Å²) in [5.74, 6) is -0.113. The molecule has 0 aliphatic heterocycles. The quantitative estimate of drug-likeness (QED) is 0.792. The topological polar surface area (TPSA) is 91.2 Å². The predicted octanol–water partition coefficient (Wildman–Crippen LogP) is 1.38. The van der Waals surface area contributed by atoms with Gasteiger partial charge < -0.3 is 16.2 Å². The van der Waals surface area contributed by atoms with Crippen molar-refractivity contribution in [2.45, 2.75) is 6.42 Å². The van der Waals surface area contributed by atoms with E-state index < -0.39 is 5.91 Å². The number of nitrogens with two attached hydrogens (primary N) is 2. The number of ether oxygens (including phenoxy) is 1. The van der Waals surface area contributed by atoms with Crippen molar-refractivity contribution >= 4 is 11.6 Å². The van der Waals surface area contributed by atoms with Crippen LogP contribution in [0.15, 0.2) is 42.6 Å². The largest absolute Gasteiger partial charge is 0.492 e. The minimum Gasteiger partial charge on any atom is -0.492 e. The molecule has 0 saturated carbocycles. The standard InChI is InChI=1S/C14H15N3O2/c15-10-4-5-13(12(9-10)14(16)18)19-8-6-11-3-1-2-7-17-11/h1-5,7,9H,6,8,15H2,(H2,16,18). The Morgan fingerprint density at radius 1 is 1.26 bits per heavy atom. The van der Waals surface area contributed by atoms with Gasteiger partial charge in [-0.05, 0) is 30.3 Å². The van der Waals surface area contributed by atoms with Crippen LogP contribution in [0.25, 0.3) is 0 Å². The number of pyridine rings is 1. The number of carbonyl (C=O) groups is 1. The molecule has 0 aliphatic rings. The predicted molar refractivity (Wildman–Crippen MR) is 72.8 cm³/mol. The van der Waals surface area contributed by atoms with Crippen LogP contribution in [-0.2, 0) is 6.42 Å². The van der Waals surface area contributed by atoms with E-state index in [1.54, 1.807) is 18.3 Å². The number of primary amides is 1. The number of hydrogen-bond donors (Lipinski definition) is 2. The molecule has 0 fully saturated rings. The zero-order valence-corrected chi connectivity index (χ0v) is 10.4. The van der Waals surface area contributed by atoms with Gasteiger partial charge in [0.15, 0.2) is 0 Å². The van der Waals surface area contributed by atoms with Crippen LogP contribution in [0.4, 0.5) is 5.69 Å². The molecule has 1 aromatic carbocycles. The van der Waals surface area contributed by atoms with Crippen molar-refractivity contribution in [2.24, 2.45) is 5.73 Å². The summed E-state index contributed by atoms with van der Waals surface area (Å²) in [6, 6.07) is 10.5. The number of amides is 1. The van der Waals surface area contributed by atoms with Crippen LogP contribution in [0.5, 0.6) is 5.75 Å². The molecule has 98 valence electrons. The highest BCUT2D eigenvalue weighted by Gasteiger charge is 2.09. The van der Waals surface area contributed by atoms with Crippen molar-refractivity contribution in [3.63, 3.8) is 0 Å². The number of hydrogen-bond acceptors (Lipinski definition) is 4. The summed E-state index contributed by atoms with van der Waals surface area (Å²) in [5, 5.41) is 0. The Kier molecular flexibility index (Phi) is 3.97. The van der Waals surface area contributed by atoms with Crippen LogP contribution >= 0.6 is 0 Å². The van der Waals surface area contributed by atoms with E-state index in [9.17, 15) is 4.79 Å². The molecule has 2 rings (SSSR count). The van der Waals surface area contributed by atoms with Crippen molar-refractivity contribution in [3.8, 4) is 5.75 Å². The van der Waals surface area contributed by atoms with Crippen LogP contribution in [0, 0.1) is 0 Å². The molecular weight excluding hydrogens is 242 g/mol. The fraction of sp³-hybridized carbons (Fsp3) is 0.143. The second-order valence-corrected chi connectivity index (χ2v) is 4.04. The third kappa shape index (κ3) is 3.45. The molecule has 4 N–H and O–H groups in total. The Balaban J connectivity index is 2.02. The maximum atomic E-state index is 11.3. The minimum atomic E-state index is -0.555. The summed E-state index contributed by atoms with van der Waals surface area (Å²) in [7, 11) is 0. The van der Waals surface area contributed by atoms with E-state index >= 15 is 0 Å². The molecular formula is C14H15N3O2. The highest BCUT2D eigenvalue weighted by molar-refractivity contribution is 5.96. The third-order valence-electron chi connectivity index (χ3n) is 2.61. The smallest absolute Gasteiger partial charge is 0.252 e. The molecule has 1 heterocycles. The van der Waals surface area contributed by atoms with E-state index in [4.69, 9.17) is 16.2 Å². The van der Waals surface area contributed by atoms with Gasteiger partial charge in [0.25, 0.3) is 5.91 Å². The van der Waals surface area contributed by atoms with Crippen LogP contribution in [0.2, 0.25) is 0 Å². The van der Waals surface area contributed by atoms with Gasteiger partial charge in [-0.25, -0.2) is 0 Å². The lowest BCUT2D eigenvalue weighted by atomic mass is 10.1. The number of nitrogens with zero attached hydrogens (tertiary/aromatic N) is 1. The average molecular weight is 257 g/mol. The molecule has 0 unspecified atom stereocenters. The van der Waals surface area contributed by atoms with Crippen LogP contribution in [-0.4, -0.2) is 17.5 Å². The summed E-state index contributed by atoms with van der Waals surface area (Å²) >= 11 is 0. The molecule has 5 nitrogen and oxygen atoms in total. The summed E-state index contributed by atoms with van der Waals surface area (Å²) in [6.07, 6.45) is 2.39. The molecule has 0 spiro atoms. The number of carbonyl (C=O) groups excluding carboxylic acids is 1. The van der Waals surface area contributed by atoms with Gasteiger partial charge in [-0.3, -0.25) is 9.78 Å². The van der Waals surface area contributed by atoms with Gasteiger partial charge in [-0.1, -0.05) is 6.07 Å². The molecule has 5 heteroatoms. The Bertz CT molecular complexity index is 570. The minimum absolute atomic E-state index is 0.293. The molecule has 19 heavy (non-hydrogen) atoms. The van der Waals surface area contributed by atoms with Gasteiger partial charge in [0, 0.05) is 24.0 Å². The second-order valence-electron chi connectivity index (χ2n) is 4.04. The van der Waals surface area contributed by atoms with Crippen LogP contribution in [0.3, 0.4) is 0 Å². The Labute approximate surface area is 111 Å². The lowest BCUT2D eigenvalue weighted by Crippen LogP contribution is -2.14. The van der Waals surface area contributed by atoms with Gasteiger partial charge in [0.1, 0.15) is 5.75 Å². The lowest BCUT2D eigenvalue weighted by molar-refractivity contribution is 0.0996. The summed E-state index contributed by atoms with van der Waals surface area (Å²) in [5.41, 5.74) is 12.6. The van der Waals surface area contributed by atoms with Gasteiger partial charge in [-0.2, -0.15) is 0 Å². The number of nitrogen functional groups attached to an aromatic ring is 1. The van der Waals surface area contributed by atoms with E-state index in [1.807, 2.05) is 18.2 Å². The maximum absolute atomic E-state index is 11.3. The van der Waals surface area contributed by atoms with Crippen LogP contribution < -0.4 is 16.2 Å². The number of rotatable bonds is 5. The molecule has 0 bridgehead atoms. The van der Waals surface area contributed by atoms with Gasteiger partial charge >= 0.3 is 0 Å². The summed E-state index contributed by atoms with van der Waals surface area (Å²) in [6.45, 7) is 0.418. The average Bonchev–Trinajstić information content (AvgIpc) is 2.41. The van der Waals surface area contributed by atoms with Crippen molar-refractivity contribution in [1.82, 2.24) is 4.98 Å². The lowest BCUT2D eigenvalue weighted by Gasteiger charge is -2.10. The highest BCUT2D eigenvalue weighted by Crippen LogP contribution is 2.21. The third-order valence-corrected chi connectivity index (χ3v) is 2.61. The fourth-order valence-corrected chi connectivity index (χ4v) is 1.68. The molecule has 0 atom stereocenters. The van der Waals surface area contributed by atoms with Gasteiger partial charge in [0.2, 0.25) is 0 Å². The van der Waals surface area contributed by atoms with Crippen molar-refractivity contribution < 1.29 is 9.53 Å². The number of anilines is 1. The van der Waals surface area contributed by atoms with Crippen molar-refractivity contribution in [2.75, 3.05) is 12.3 Å². The molecule has 0 radical (unpaired) electrons. The molecule has 2 aromatic rings. The highest BCUT2D eigenvalue weighted by atomic mass is 16.5. The van der Waals surface area contributed by atoms with Crippen molar-refractivity contribution in [1.29, 1.82) is 0 Å². The van der Waals surface area contributed by atoms with E-state index in [-0.39, 0.29) is 0 Å². The van der Waals surface area contributed by atoms with E-state index in [0.29, 0.717) is 30.0 Å². The van der Waals surface area contributed by atoms with E-state index in [0.717, 1.165) is 5.69 Å². The zero-order valence-electron chi connectivity index (χ0n) is 10.4. The fourth-order valence-electron chi connectivity index (χ4n) is 1.68. The molecule has 0 aliphatic carbocycles. The molecule has 0 saturated heterocycles. The molecule has 1 aromatic heterocycles. The van der Waals surface area contributed by atoms with E-state index in [1.165, 1.54) is 6.07 Å². The summed E-state index contributed by atoms with van der Waals surface area (Å²) in [4.78, 5) is 15.5. The normalized spacial score (nSPS) is 10.1. The number of benzene rings is 1. The maximum Gasteiger partial charge on any atom is 0.252 e.